The predicted octanol–water partition coefficient (Wildman–Crippen LogP) is 2.62. The second-order valence-corrected chi connectivity index (χ2v) is 5.62. The van der Waals surface area contributed by atoms with Gasteiger partial charge in [-0.1, -0.05) is 12.1 Å². The van der Waals surface area contributed by atoms with Crippen molar-refractivity contribution in [2.75, 3.05) is 25.6 Å². The van der Waals surface area contributed by atoms with E-state index in [-0.39, 0.29) is 5.82 Å². The molecule has 1 aromatic heterocycles. The highest BCUT2D eigenvalue weighted by molar-refractivity contribution is 7.80. The van der Waals surface area contributed by atoms with Crippen LogP contribution in [0.15, 0.2) is 24.3 Å². The van der Waals surface area contributed by atoms with Crippen LogP contribution in [-0.4, -0.2) is 35.2 Å². The van der Waals surface area contributed by atoms with Crippen LogP contribution in [-0.2, 0) is 11.3 Å². The lowest BCUT2D eigenvalue weighted by Gasteiger charge is -2.11. The minimum absolute atomic E-state index is 0.245. The molecule has 0 aliphatic heterocycles. The summed E-state index contributed by atoms with van der Waals surface area (Å²) in [6.45, 7) is 5.60. The van der Waals surface area contributed by atoms with Gasteiger partial charge in [0.15, 0.2) is 5.11 Å². The van der Waals surface area contributed by atoms with Crippen molar-refractivity contribution in [2.45, 2.75) is 20.4 Å². The summed E-state index contributed by atoms with van der Waals surface area (Å²) >= 11 is 5.26. The van der Waals surface area contributed by atoms with E-state index in [4.69, 9.17) is 17.0 Å². The Kier molecular flexibility index (Phi) is 6.06. The van der Waals surface area contributed by atoms with E-state index in [1.807, 2.05) is 24.6 Å². The topological polar surface area (TPSA) is 51.1 Å². The van der Waals surface area contributed by atoms with Gasteiger partial charge in [0.25, 0.3) is 0 Å². The molecule has 0 spiro atoms. The summed E-state index contributed by atoms with van der Waals surface area (Å²) in [7, 11) is 1.64. The van der Waals surface area contributed by atoms with Crippen LogP contribution in [0.1, 0.15) is 17.0 Å². The number of halogens is 1. The first-order valence-corrected chi connectivity index (χ1v) is 7.74. The molecule has 0 bridgehead atoms. The molecular weight excluding hydrogens is 315 g/mol. The maximum Gasteiger partial charge on any atom is 0.170 e. The number of nitrogens with zero attached hydrogens (tertiary/aromatic N) is 2. The molecule has 0 saturated heterocycles. The minimum Gasteiger partial charge on any atom is -0.383 e. The van der Waals surface area contributed by atoms with Crippen molar-refractivity contribution in [1.82, 2.24) is 15.1 Å². The van der Waals surface area contributed by atoms with Crippen LogP contribution in [0, 0.1) is 19.7 Å². The lowest BCUT2D eigenvalue weighted by atomic mass is 10.2. The number of hydrogen-bond acceptors (Lipinski definition) is 3. The number of aryl methyl sites for hydroxylation is 1. The first-order valence-electron chi connectivity index (χ1n) is 7.33. The SMILES string of the molecule is COCCNC(=S)Nc1c(C)nn(Cc2cccc(F)c2)c1C. The van der Waals surface area contributed by atoms with Gasteiger partial charge in [-0.05, 0) is 43.8 Å². The summed E-state index contributed by atoms with van der Waals surface area (Å²) < 4.78 is 20.1. The van der Waals surface area contributed by atoms with Crippen LogP contribution in [0.4, 0.5) is 10.1 Å². The van der Waals surface area contributed by atoms with Crippen molar-refractivity contribution >= 4 is 23.0 Å². The fraction of sp³-hybridized carbons (Fsp3) is 0.375. The first-order chi connectivity index (χ1) is 11.0. The van der Waals surface area contributed by atoms with Crippen LogP contribution < -0.4 is 10.6 Å². The van der Waals surface area contributed by atoms with E-state index >= 15 is 0 Å². The van der Waals surface area contributed by atoms with Crippen molar-refractivity contribution in [3.8, 4) is 0 Å². The second-order valence-electron chi connectivity index (χ2n) is 5.21. The minimum atomic E-state index is -0.245. The number of nitrogens with one attached hydrogen (secondary N) is 2. The van der Waals surface area contributed by atoms with Gasteiger partial charge in [-0.3, -0.25) is 4.68 Å². The summed E-state index contributed by atoms with van der Waals surface area (Å²) in [5.74, 6) is -0.245. The van der Waals surface area contributed by atoms with E-state index in [0.29, 0.717) is 24.8 Å². The van der Waals surface area contributed by atoms with Crippen LogP contribution in [0.2, 0.25) is 0 Å². The molecule has 2 rings (SSSR count). The van der Waals surface area contributed by atoms with E-state index in [2.05, 4.69) is 15.7 Å². The van der Waals surface area contributed by atoms with Crippen LogP contribution >= 0.6 is 12.2 Å². The fourth-order valence-corrected chi connectivity index (χ4v) is 2.47. The zero-order valence-corrected chi connectivity index (χ0v) is 14.3. The smallest absolute Gasteiger partial charge is 0.170 e. The van der Waals surface area contributed by atoms with Gasteiger partial charge in [0.1, 0.15) is 5.82 Å². The molecule has 1 aromatic carbocycles. The summed E-state index contributed by atoms with van der Waals surface area (Å²) in [6.07, 6.45) is 0. The van der Waals surface area contributed by atoms with Gasteiger partial charge in [-0.2, -0.15) is 5.10 Å². The molecular formula is C16H21FN4OS. The molecule has 0 amide bonds. The molecule has 0 fully saturated rings. The van der Waals surface area contributed by atoms with E-state index in [1.54, 1.807) is 13.2 Å². The zero-order valence-electron chi connectivity index (χ0n) is 13.5. The maximum atomic E-state index is 13.3. The molecule has 2 N–H and O–H groups in total. The normalized spacial score (nSPS) is 10.6. The Morgan fingerprint density at radius 1 is 1.39 bits per heavy atom. The molecule has 0 radical (unpaired) electrons. The van der Waals surface area contributed by atoms with Crippen molar-refractivity contribution in [3.05, 3.63) is 47.0 Å². The van der Waals surface area contributed by atoms with Gasteiger partial charge >= 0.3 is 0 Å². The third-order valence-electron chi connectivity index (χ3n) is 3.43. The zero-order chi connectivity index (χ0) is 16.8. The molecule has 7 heteroatoms. The Morgan fingerprint density at radius 3 is 2.87 bits per heavy atom. The highest BCUT2D eigenvalue weighted by Crippen LogP contribution is 2.20. The number of benzene rings is 1. The summed E-state index contributed by atoms with van der Waals surface area (Å²) in [5, 5.41) is 11.3. The Balaban J connectivity index is 2.08. The number of anilines is 1. The average Bonchev–Trinajstić information content (AvgIpc) is 2.75. The second kappa shape index (κ2) is 8.03. The Labute approximate surface area is 140 Å². The number of hydrogen-bond donors (Lipinski definition) is 2. The highest BCUT2D eigenvalue weighted by atomic mass is 32.1. The van der Waals surface area contributed by atoms with Crippen molar-refractivity contribution in [1.29, 1.82) is 0 Å². The van der Waals surface area contributed by atoms with Gasteiger partial charge < -0.3 is 15.4 Å². The van der Waals surface area contributed by atoms with E-state index in [1.165, 1.54) is 12.1 Å². The fourth-order valence-electron chi connectivity index (χ4n) is 2.26. The standard InChI is InChI=1S/C16H21FN4OS/c1-11-15(19-16(23)18-7-8-22-3)12(2)21(20-11)10-13-5-4-6-14(17)9-13/h4-6,9H,7-8,10H2,1-3H3,(H2,18,19,23). The molecule has 2 aromatic rings. The van der Waals surface area contributed by atoms with E-state index < -0.39 is 0 Å². The Morgan fingerprint density at radius 2 is 2.17 bits per heavy atom. The molecule has 0 atom stereocenters. The number of aromatic nitrogens is 2. The molecule has 0 saturated carbocycles. The number of methoxy groups -OCH3 is 1. The monoisotopic (exact) mass is 336 g/mol. The van der Waals surface area contributed by atoms with Crippen LogP contribution in [0.25, 0.3) is 0 Å². The molecule has 5 nitrogen and oxygen atoms in total. The predicted molar refractivity (Wildman–Crippen MR) is 93.3 cm³/mol. The first kappa shape index (κ1) is 17.4. The summed E-state index contributed by atoms with van der Waals surface area (Å²) in [4.78, 5) is 0. The highest BCUT2D eigenvalue weighted by Gasteiger charge is 2.13. The molecule has 124 valence electrons. The molecule has 0 unspecified atom stereocenters. The van der Waals surface area contributed by atoms with Crippen LogP contribution in [0.3, 0.4) is 0 Å². The van der Waals surface area contributed by atoms with E-state index in [9.17, 15) is 4.39 Å². The quantitative estimate of drug-likeness (QED) is 0.627. The van der Waals surface area contributed by atoms with Gasteiger partial charge in [0.05, 0.1) is 30.2 Å². The van der Waals surface area contributed by atoms with E-state index in [0.717, 1.165) is 22.6 Å². The van der Waals surface area contributed by atoms with Gasteiger partial charge in [-0.15, -0.1) is 0 Å². The summed E-state index contributed by atoms with van der Waals surface area (Å²) in [5.41, 5.74) is 3.52. The maximum absolute atomic E-state index is 13.3. The van der Waals surface area contributed by atoms with Crippen molar-refractivity contribution in [2.24, 2.45) is 0 Å². The third kappa shape index (κ3) is 4.74. The Bertz CT molecular complexity index is 687. The van der Waals surface area contributed by atoms with Gasteiger partial charge in [0, 0.05) is 13.7 Å². The third-order valence-corrected chi connectivity index (χ3v) is 3.68. The molecule has 0 aliphatic carbocycles. The number of rotatable bonds is 6. The largest absolute Gasteiger partial charge is 0.383 e. The van der Waals surface area contributed by atoms with Gasteiger partial charge in [-0.25, -0.2) is 4.39 Å². The van der Waals surface area contributed by atoms with Crippen molar-refractivity contribution in [3.63, 3.8) is 0 Å². The lowest BCUT2D eigenvalue weighted by Crippen LogP contribution is -2.31. The number of ether oxygens (including phenoxy) is 1. The number of thiocarbonyl (C=S) groups is 1. The molecule has 1 heterocycles. The average molecular weight is 336 g/mol. The Hall–Kier alpha value is -1.99. The summed E-state index contributed by atoms with van der Waals surface area (Å²) in [6, 6.07) is 6.52. The van der Waals surface area contributed by atoms with Gasteiger partial charge in [0.2, 0.25) is 0 Å². The lowest BCUT2D eigenvalue weighted by molar-refractivity contribution is 0.204. The van der Waals surface area contributed by atoms with Crippen molar-refractivity contribution < 1.29 is 9.13 Å². The van der Waals surface area contributed by atoms with Crippen LogP contribution in [0.5, 0.6) is 0 Å². The molecule has 23 heavy (non-hydrogen) atoms. The molecule has 0 aliphatic rings.